The van der Waals surface area contributed by atoms with E-state index in [1.165, 1.54) is 72.8 Å². The summed E-state index contributed by atoms with van der Waals surface area (Å²) >= 11 is 0. The molecular weight excluding hydrogens is 522 g/mol. The Balaban J connectivity index is 2.09. The van der Waals surface area contributed by atoms with Crippen LogP contribution in [0.15, 0.2) is 109 Å². The Hall–Kier alpha value is -4.34. The molecule has 204 valence electrons. The minimum absolute atomic E-state index is 0.0445. The molecule has 39 heavy (non-hydrogen) atoms. The Bertz CT molecular complexity index is 1270. The van der Waals surface area contributed by atoms with Crippen molar-refractivity contribution in [3.05, 3.63) is 120 Å². The number of anilines is 2. The average molecular weight is 547 g/mol. The molecule has 0 aliphatic heterocycles. The van der Waals surface area contributed by atoms with Gasteiger partial charge in [0.2, 0.25) is 5.41 Å². The summed E-state index contributed by atoms with van der Waals surface area (Å²) in [6, 6.07) is 23.4. The van der Waals surface area contributed by atoms with Crippen molar-refractivity contribution in [3.63, 3.8) is 0 Å². The summed E-state index contributed by atoms with van der Waals surface area (Å²) in [5.41, 5.74) is 6.01. The Morgan fingerprint density at radius 3 is 1.15 bits per heavy atom. The topological polar surface area (TPSA) is 70.5 Å². The van der Waals surface area contributed by atoms with Crippen LogP contribution in [0.4, 0.5) is 37.7 Å². The fourth-order valence-electron chi connectivity index (χ4n) is 4.46. The quantitative estimate of drug-likeness (QED) is 0.174. The number of alkyl halides is 6. The van der Waals surface area contributed by atoms with E-state index in [0.717, 1.165) is 24.3 Å². The van der Waals surface area contributed by atoms with Gasteiger partial charge in [-0.05, 0) is 59.7 Å². The van der Waals surface area contributed by atoms with Crippen LogP contribution < -0.4 is 20.9 Å². The molecule has 2 atom stereocenters. The summed E-state index contributed by atoms with van der Waals surface area (Å²) in [6.07, 6.45) is -17.3. The van der Waals surface area contributed by atoms with Crippen LogP contribution >= 0.6 is 0 Å². The van der Waals surface area contributed by atoms with Crippen LogP contribution in [0.25, 0.3) is 0 Å². The van der Waals surface area contributed by atoms with Crippen LogP contribution in [0, 0.1) is 5.41 Å². The van der Waals surface area contributed by atoms with E-state index >= 15 is 26.3 Å². The van der Waals surface area contributed by atoms with Gasteiger partial charge in [0.05, 0.1) is 0 Å². The predicted octanol–water partition coefficient (Wildman–Crippen LogP) is 7.90. The molecular formula is C29H24F6N2O2. The van der Waals surface area contributed by atoms with Crippen molar-refractivity contribution in [1.82, 2.24) is 0 Å². The maximum absolute atomic E-state index is 15.4. The standard InChI is InChI=1S/C29H24F6N2O2/c30-28(31,32)27(29(33,34)35,25(19-9-7-11-21(36)17-19)38-23-13-3-1-4-14-23)26(20-10-8-12-22(37)18-20)39-24-15-5-2-6-16-24/h1-18,25-26H,36-37H2. The van der Waals surface area contributed by atoms with Crippen molar-refractivity contribution in [3.8, 4) is 11.5 Å². The van der Waals surface area contributed by atoms with E-state index < -0.39 is 41.1 Å². The summed E-state index contributed by atoms with van der Waals surface area (Å²) in [6.45, 7) is 0. The van der Waals surface area contributed by atoms with E-state index in [2.05, 4.69) is 0 Å². The first-order valence-electron chi connectivity index (χ1n) is 11.7. The highest BCUT2D eigenvalue weighted by Crippen LogP contribution is 2.65. The maximum atomic E-state index is 15.4. The zero-order valence-corrected chi connectivity index (χ0v) is 20.3. The second-order valence-electron chi connectivity index (χ2n) is 8.83. The van der Waals surface area contributed by atoms with Gasteiger partial charge < -0.3 is 20.9 Å². The molecule has 0 heterocycles. The maximum Gasteiger partial charge on any atom is 0.411 e. The van der Waals surface area contributed by atoms with E-state index in [1.807, 2.05) is 0 Å². The van der Waals surface area contributed by atoms with Gasteiger partial charge in [-0.2, -0.15) is 26.3 Å². The molecule has 4 N–H and O–H groups in total. The molecule has 4 aromatic carbocycles. The molecule has 4 rings (SSSR count). The van der Waals surface area contributed by atoms with E-state index in [4.69, 9.17) is 20.9 Å². The van der Waals surface area contributed by atoms with Crippen LogP contribution in [0.1, 0.15) is 23.3 Å². The number of benzene rings is 4. The van der Waals surface area contributed by atoms with Gasteiger partial charge in [-0.1, -0.05) is 60.7 Å². The molecule has 0 aliphatic carbocycles. The van der Waals surface area contributed by atoms with Gasteiger partial charge in [-0.3, -0.25) is 0 Å². The summed E-state index contributed by atoms with van der Waals surface area (Å²) < 4.78 is 104. The van der Waals surface area contributed by atoms with Gasteiger partial charge in [0.25, 0.3) is 0 Å². The molecule has 0 saturated heterocycles. The van der Waals surface area contributed by atoms with Crippen LogP contribution in [-0.4, -0.2) is 12.4 Å². The summed E-state index contributed by atoms with van der Waals surface area (Å²) in [4.78, 5) is 0. The number of ether oxygens (including phenoxy) is 2. The largest absolute Gasteiger partial charge is 0.484 e. The smallest absolute Gasteiger partial charge is 0.411 e. The third kappa shape index (κ3) is 5.59. The van der Waals surface area contributed by atoms with Crippen LogP contribution in [-0.2, 0) is 0 Å². The molecule has 2 unspecified atom stereocenters. The lowest BCUT2D eigenvalue weighted by molar-refractivity contribution is -0.388. The second-order valence-corrected chi connectivity index (χ2v) is 8.83. The molecule has 4 aromatic rings. The fraction of sp³-hybridized carbons (Fsp3) is 0.172. The Labute approximate surface area is 220 Å². The van der Waals surface area contributed by atoms with Crippen LogP contribution in [0.2, 0.25) is 0 Å². The number of hydrogen-bond acceptors (Lipinski definition) is 4. The number of nitrogen functional groups attached to an aromatic ring is 2. The Kier molecular flexibility index (Phi) is 7.67. The highest BCUT2D eigenvalue weighted by Gasteiger charge is 2.80. The van der Waals surface area contributed by atoms with Gasteiger partial charge in [-0.25, -0.2) is 0 Å². The van der Waals surface area contributed by atoms with E-state index in [-0.39, 0.29) is 22.9 Å². The highest BCUT2D eigenvalue weighted by atomic mass is 19.4. The predicted molar refractivity (Wildman–Crippen MR) is 136 cm³/mol. The Morgan fingerprint density at radius 1 is 0.487 bits per heavy atom. The minimum atomic E-state index is -5.96. The minimum Gasteiger partial charge on any atom is -0.484 e. The van der Waals surface area contributed by atoms with Crippen molar-refractivity contribution in [2.75, 3.05) is 11.5 Å². The summed E-state index contributed by atoms with van der Waals surface area (Å²) in [5.74, 6) is -0.428. The molecule has 0 fully saturated rings. The van der Waals surface area contributed by atoms with Crippen molar-refractivity contribution in [2.45, 2.75) is 24.6 Å². The third-order valence-corrected chi connectivity index (χ3v) is 6.19. The van der Waals surface area contributed by atoms with Gasteiger partial charge >= 0.3 is 12.4 Å². The first kappa shape index (κ1) is 27.7. The Morgan fingerprint density at radius 2 is 0.846 bits per heavy atom. The molecule has 0 radical (unpaired) electrons. The van der Waals surface area contributed by atoms with Crippen molar-refractivity contribution in [1.29, 1.82) is 0 Å². The monoisotopic (exact) mass is 546 g/mol. The zero-order valence-electron chi connectivity index (χ0n) is 20.3. The van der Waals surface area contributed by atoms with Gasteiger partial charge in [-0.15, -0.1) is 0 Å². The molecule has 0 aromatic heterocycles. The van der Waals surface area contributed by atoms with E-state index in [9.17, 15) is 0 Å². The molecule has 10 heteroatoms. The van der Waals surface area contributed by atoms with E-state index in [0.29, 0.717) is 0 Å². The van der Waals surface area contributed by atoms with Gasteiger partial charge in [0, 0.05) is 11.4 Å². The van der Waals surface area contributed by atoms with Crippen LogP contribution in [0.3, 0.4) is 0 Å². The number of para-hydroxylation sites is 2. The molecule has 4 nitrogen and oxygen atoms in total. The number of hydrogen-bond donors (Lipinski definition) is 2. The molecule has 0 amide bonds. The molecule has 0 aliphatic rings. The lowest BCUT2D eigenvalue weighted by Crippen LogP contribution is -2.60. The van der Waals surface area contributed by atoms with Crippen molar-refractivity contribution < 1.29 is 35.8 Å². The third-order valence-electron chi connectivity index (χ3n) is 6.19. The lowest BCUT2D eigenvalue weighted by Gasteiger charge is -2.47. The fourth-order valence-corrected chi connectivity index (χ4v) is 4.46. The van der Waals surface area contributed by atoms with Crippen molar-refractivity contribution >= 4 is 11.4 Å². The zero-order chi connectivity index (χ0) is 28.3. The number of rotatable bonds is 8. The second kappa shape index (κ2) is 10.8. The summed E-state index contributed by atoms with van der Waals surface area (Å²) in [7, 11) is 0. The first-order valence-corrected chi connectivity index (χ1v) is 11.7. The van der Waals surface area contributed by atoms with Gasteiger partial charge in [0.15, 0.2) is 12.2 Å². The highest BCUT2D eigenvalue weighted by molar-refractivity contribution is 5.45. The molecule has 0 spiro atoms. The van der Waals surface area contributed by atoms with Crippen molar-refractivity contribution in [2.24, 2.45) is 5.41 Å². The molecule has 0 bridgehead atoms. The van der Waals surface area contributed by atoms with Crippen LogP contribution in [0.5, 0.6) is 11.5 Å². The average Bonchev–Trinajstić information content (AvgIpc) is 2.87. The first-order chi connectivity index (χ1) is 18.4. The summed E-state index contributed by atoms with van der Waals surface area (Å²) in [5, 5.41) is 0. The van der Waals surface area contributed by atoms with E-state index in [1.54, 1.807) is 12.1 Å². The number of nitrogens with two attached hydrogens (primary N) is 2. The SMILES string of the molecule is Nc1cccc(C(Oc2ccccc2)C(C(Oc2ccccc2)c2cccc(N)c2)(C(F)(F)F)C(F)(F)F)c1. The number of halogens is 6. The van der Waals surface area contributed by atoms with Gasteiger partial charge in [0.1, 0.15) is 11.5 Å². The normalized spacial score (nSPS) is 13.9. The molecule has 0 saturated carbocycles. The lowest BCUT2D eigenvalue weighted by atomic mass is 9.70.